The predicted octanol–water partition coefficient (Wildman–Crippen LogP) is 4.37. The molecule has 2 rings (SSSR count). The molecule has 4 heteroatoms. The molecule has 3 atom stereocenters. The fourth-order valence-electron chi connectivity index (χ4n) is 3.46. The minimum absolute atomic E-state index is 0.235. The number of hydrogen-bond donors (Lipinski definition) is 1. The van der Waals surface area contributed by atoms with E-state index in [-0.39, 0.29) is 12.2 Å². The van der Waals surface area contributed by atoms with Gasteiger partial charge >= 0.3 is 0 Å². The molecule has 0 amide bonds. The predicted molar refractivity (Wildman–Crippen MR) is 83.1 cm³/mol. The average Bonchev–Trinajstić information content (AvgIpc) is 2.43. The second-order valence-corrected chi connectivity index (χ2v) is 6.59. The smallest absolute Gasteiger partial charge is 0.126 e. The van der Waals surface area contributed by atoms with E-state index in [2.05, 4.69) is 6.92 Å². The molecule has 118 valence electrons. The van der Waals surface area contributed by atoms with Gasteiger partial charge in [-0.05, 0) is 49.4 Å². The molecule has 1 aliphatic rings. The standard InChI is InChI=1S/C17H24ClFO2/c1-3-21-17(8-4-5-12(2)11-17)16(20)10-13-9-14(18)6-7-15(13)19/h6-7,9,12,16,20H,3-5,8,10-11H2,1-2H3. The molecular formula is C17H24ClFO2. The van der Waals surface area contributed by atoms with Gasteiger partial charge < -0.3 is 9.84 Å². The molecule has 0 spiro atoms. The van der Waals surface area contributed by atoms with Crippen molar-refractivity contribution in [3.63, 3.8) is 0 Å². The number of rotatable bonds is 5. The molecule has 0 bridgehead atoms. The van der Waals surface area contributed by atoms with Crippen LogP contribution in [0.25, 0.3) is 0 Å². The van der Waals surface area contributed by atoms with Gasteiger partial charge in [-0.3, -0.25) is 0 Å². The zero-order chi connectivity index (χ0) is 15.5. The van der Waals surface area contributed by atoms with Crippen molar-refractivity contribution in [1.29, 1.82) is 0 Å². The minimum atomic E-state index is -0.715. The lowest BCUT2D eigenvalue weighted by Crippen LogP contribution is -2.49. The summed E-state index contributed by atoms with van der Waals surface area (Å²) in [7, 11) is 0. The Kier molecular flexibility index (Phi) is 5.64. The molecule has 1 fully saturated rings. The molecule has 2 nitrogen and oxygen atoms in total. The summed E-state index contributed by atoms with van der Waals surface area (Å²) < 4.78 is 19.8. The van der Waals surface area contributed by atoms with Crippen molar-refractivity contribution in [3.05, 3.63) is 34.6 Å². The Hall–Kier alpha value is -0.640. The van der Waals surface area contributed by atoms with Crippen molar-refractivity contribution in [2.75, 3.05) is 6.61 Å². The summed E-state index contributed by atoms with van der Waals surface area (Å²) in [5.41, 5.74) is -0.103. The van der Waals surface area contributed by atoms with E-state index >= 15 is 0 Å². The first-order valence-corrected chi connectivity index (χ1v) is 8.10. The topological polar surface area (TPSA) is 29.5 Å². The van der Waals surface area contributed by atoms with Crippen molar-refractivity contribution < 1.29 is 14.2 Å². The average molecular weight is 315 g/mol. The molecule has 1 aliphatic carbocycles. The fourth-order valence-corrected chi connectivity index (χ4v) is 3.65. The van der Waals surface area contributed by atoms with Crippen molar-refractivity contribution in [3.8, 4) is 0 Å². The molecule has 1 aromatic carbocycles. The van der Waals surface area contributed by atoms with Gasteiger partial charge in [0.2, 0.25) is 0 Å². The van der Waals surface area contributed by atoms with Crippen molar-refractivity contribution in [1.82, 2.24) is 0 Å². The van der Waals surface area contributed by atoms with Gasteiger partial charge in [0, 0.05) is 18.1 Å². The summed E-state index contributed by atoms with van der Waals surface area (Å²) in [4.78, 5) is 0. The summed E-state index contributed by atoms with van der Waals surface area (Å²) >= 11 is 5.93. The number of aliphatic hydroxyl groups is 1. The van der Waals surface area contributed by atoms with E-state index in [4.69, 9.17) is 16.3 Å². The molecule has 0 saturated heterocycles. The Balaban J connectivity index is 2.18. The molecule has 21 heavy (non-hydrogen) atoms. The van der Waals surface area contributed by atoms with Gasteiger partial charge in [0.05, 0.1) is 11.7 Å². The summed E-state index contributed by atoms with van der Waals surface area (Å²) in [6.45, 7) is 4.68. The van der Waals surface area contributed by atoms with E-state index in [1.165, 1.54) is 12.1 Å². The van der Waals surface area contributed by atoms with E-state index < -0.39 is 11.7 Å². The molecule has 1 saturated carbocycles. The van der Waals surface area contributed by atoms with Crippen LogP contribution in [0.2, 0.25) is 5.02 Å². The van der Waals surface area contributed by atoms with Gasteiger partial charge in [0.25, 0.3) is 0 Å². The highest BCUT2D eigenvalue weighted by Gasteiger charge is 2.42. The Morgan fingerprint density at radius 2 is 2.29 bits per heavy atom. The molecular weight excluding hydrogens is 291 g/mol. The van der Waals surface area contributed by atoms with Crippen LogP contribution in [0.15, 0.2) is 18.2 Å². The lowest BCUT2D eigenvalue weighted by atomic mass is 9.74. The first-order chi connectivity index (χ1) is 9.97. The summed E-state index contributed by atoms with van der Waals surface area (Å²) in [6.07, 6.45) is 3.37. The van der Waals surface area contributed by atoms with Crippen LogP contribution in [0.3, 0.4) is 0 Å². The van der Waals surface area contributed by atoms with Gasteiger partial charge in [-0.15, -0.1) is 0 Å². The second kappa shape index (κ2) is 7.08. The Bertz CT molecular complexity index is 476. The van der Waals surface area contributed by atoms with Gasteiger partial charge in [-0.25, -0.2) is 4.39 Å². The SMILES string of the molecule is CCOC1(C(O)Cc2cc(Cl)ccc2F)CCCC(C)C1. The van der Waals surface area contributed by atoms with Crippen LogP contribution in [0, 0.1) is 11.7 Å². The van der Waals surface area contributed by atoms with Crippen LogP contribution in [0.4, 0.5) is 4.39 Å². The zero-order valence-electron chi connectivity index (χ0n) is 12.7. The van der Waals surface area contributed by atoms with Crippen LogP contribution < -0.4 is 0 Å². The summed E-state index contributed by atoms with van der Waals surface area (Å²) in [5, 5.41) is 11.2. The van der Waals surface area contributed by atoms with Gasteiger partial charge in [0.1, 0.15) is 5.82 Å². The number of aliphatic hydroxyl groups excluding tert-OH is 1. The molecule has 1 N–H and O–H groups in total. The molecule has 3 unspecified atom stereocenters. The summed E-state index contributed by atoms with van der Waals surface area (Å²) in [5.74, 6) is 0.193. The van der Waals surface area contributed by atoms with Crippen molar-refractivity contribution in [2.45, 2.75) is 57.7 Å². The maximum atomic E-state index is 13.9. The third-order valence-electron chi connectivity index (χ3n) is 4.45. The highest BCUT2D eigenvalue weighted by molar-refractivity contribution is 6.30. The number of benzene rings is 1. The van der Waals surface area contributed by atoms with E-state index in [9.17, 15) is 9.50 Å². The third kappa shape index (κ3) is 3.97. The Morgan fingerprint density at radius 3 is 2.95 bits per heavy atom. The second-order valence-electron chi connectivity index (χ2n) is 6.15. The van der Waals surface area contributed by atoms with Crippen LogP contribution in [0.1, 0.15) is 45.1 Å². The van der Waals surface area contributed by atoms with Crippen molar-refractivity contribution in [2.24, 2.45) is 5.92 Å². The van der Waals surface area contributed by atoms with Gasteiger partial charge in [-0.2, -0.15) is 0 Å². The van der Waals surface area contributed by atoms with Crippen LogP contribution in [-0.4, -0.2) is 23.4 Å². The fraction of sp³-hybridized carbons (Fsp3) is 0.647. The first kappa shape index (κ1) is 16.7. The highest BCUT2D eigenvalue weighted by Crippen LogP contribution is 2.39. The normalized spacial score (nSPS) is 27.6. The number of ether oxygens (including phenoxy) is 1. The van der Waals surface area contributed by atoms with E-state index in [0.717, 1.165) is 25.7 Å². The molecule has 1 aromatic rings. The molecule has 0 aliphatic heterocycles. The molecule has 0 heterocycles. The maximum Gasteiger partial charge on any atom is 0.126 e. The van der Waals surface area contributed by atoms with Gasteiger partial charge in [-0.1, -0.05) is 31.4 Å². The van der Waals surface area contributed by atoms with Gasteiger partial charge in [0.15, 0.2) is 0 Å². The zero-order valence-corrected chi connectivity index (χ0v) is 13.5. The maximum absolute atomic E-state index is 13.9. The highest BCUT2D eigenvalue weighted by atomic mass is 35.5. The first-order valence-electron chi connectivity index (χ1n) is 7.73. The minimum Gasteiger partial charge on any atom is -0.390 e. The lowest BCUT2D eigenvalue weighted by molar-refractivity contribution is -0.147. The molecule has 0 aromatic heterocycles. The number of halogens is 2. The third-order valence-corrected chi connectivity index (χ3v) is 4.69. The number of hydrogen-bond acceptors (Lipinski definition) is 2. The van der Waals surface area contributed by atoms with E-state index in [0.29, 0.717) is 23.1 Å². The van der Waals surface area contributed by atoms with Crippen molar-refractivity contribution >= 4 is 11.6 Å². The van der Waals surface area contributed by atoms with E-state index in [1.807, 2.05) is 6.92 Å². The largest absolute Gasteiger partial charge is 0.390 e. The summed E-state index contributed by atoms with van der Waals surface area (Å²) in [6, 6.07) is 4.46. The van der Waals surface area contributed by atoms with Crippen LogP contribution >= 0.6 is 11.6 Å². The Morgan fingerprint density at radius 1 is 1.52 bits per heavy atom. The monoisotopic (exact) mass is 314 g/mol. The van der Waals surface area contributed by atoms with Crippen LogP contribution in [-0.2, 0) is 11.2 Å². The van der Waals surface area contributed by atoms with Crippen LogP contribution in [0.5, 0.6) is 0 Å². The van der Waals surface area contributed by atoms with E-state index in [1.54, 1.807) is 6.07 Å². The molecule has 0 radical (unpaired) electrons. The quantitative estimate of drug-likeness (QED) is 0.874. The lowest BCUT2D eigenvalue weighted by Gasteiger charge is -2.43. The Labute approximate surface area is 131 Å².